The summed E-state index contributed by atoms with van der Waals surface area (Å²) in [6.07, 6.45) is 10.9. The summed E-state index contributed by atoms with van der Waals surface area (Å²) in [7, 11) is 0. The number of hydrogen-bond donors (Lipinski definition) is 0. The van der Waals surface area contributed by atoms with Crippen LogP contribution < -0.4 is 0 Å². The van der Waals surface area contributed by atoms with Crippen molar-refractivity contribution >= 4 is 20.3 Å². The molecule has 0 unspecified atom stereocenters. The van der Waals surface area contributed by atoms with Crippen LogP contribution in [0, 0.1) is 0 Å². The molecule has 0 saturated carbocycles. The van der Waals surface area contributed by atoms with Gasteiger partial charge in [0, 0.05) is 0 Å². The molecule has 0 amide bonds. The van der Waals surface area contributed by atoms with Crippen LogP contribution in [0.15, 0.2) is 4.99 Å². The first-order valence-electron chi connectivity index (χ1n) is 5.45. The zero-order valence-electron chi connectivity index (χ0n) is 8.72. The molecular weight excluding hydrogens is 225 g/mol. The van der Waals surface area contributed by atoms with E-state index < -0.39 is 0 Å². The van der Waals surface area contributed by atoms with Crippen LogP contribution in [0.3, 0.4) is 0 Å². The molecule has 0 heterocycles. The Morgan fingerprint density at radius 2 is 1.46 bits per heavy atom. The summed E-state index contributed by atoms with van der Waals surface area (Å²) in [5.74, 6) is 0. The average molecular weight is 246 g/mol. The van der Waals surface area contributed by atoms with Gasteiger partial charge in [0.15, 0.2) is 0 Å². The van der Waals surface area contributed by atoms with E-state index in [4.69, 9.17) is 0 Å². The maximum absolute atomic E-state index is 4.01. The summed E-state index contributed by atoms with van der Waals surface area (Å²) in [5.41, 5.74) is 0. The van der Waals surface area contributed by atoms with Gasteiger partial charge in [0.05, 0.1) is 0 Å². The van der Waals surface area contributed by atoms with E-state index in [2.05, 4.69) is 32.2 Å². The zero-order chi connectivity index (χ0) is 9.78. The van der Waals surface area contributed by atoms with Crippen LogP contribution in [0.4, 0.5) is 0 Å². The van der Waals surface area contributed by atoms with Crippen molar-refractivity contribution in [2.75, 3.05) is 6.54 Å². The van der Waals surface area contributed by atoms with Gasteiger partial charge in [-0.25, -0.2) is 0 Å². The van der Waals surface area contributed by atoms with Crippen LogP contribution in [-0.4, -0.2) is 26.8 Å². The van der Waals surface area contributed by atoms with Crippen molar-refractivity contribution in [3.8, 4) is 0 Å². The summed E-state index contributed by atoms with van der Waals surface area (Å²) in [6, 6.07) is 0. The summed E-state index contributed by atoms with van der Waals surface area (Å²) in [6.45, 7) is 3.21. The molecule has 0 bridgehead atoms. The Bertz CT molecular complexity index is 139. The monoisotopic (exact) mass is 247 g/mol. The predicted octanol–water partition coefficient (Wildman–Crippen LogP) is 3.20. The molecule has 0 rings (SSSR count). The van der Waals surface area contributed by atoms with Crippen LogP contribution in [0.2, 0.25) is 0 Å². The van der Waals surface area contributed by atoms with E-state index in [0.717, 1.165) is 6.54 Å². The van der Waals surface area contributed by atoms with E-state index in [0.29, 0.717) is 0 Å². The molecule has 0 radical (unpaired) electrons. The predicted molar refractivity (Wildman–Crippen MR) is 60.7 cm³/mol. The Balaban J connectivity index is 2.87. The van der Waals surface area contributed by atoms with Gasteiger partial charge >= 0.3 is 90.1 Å². The second kappa shape index (κ2) is 12.1. The average Bonchev–Trinajstić information content (AvgIpc) is 2.16. The van der Waals surface area contributed by atoms with E-state index in [1.54, 1.807) is 0 Å². The van der Waals surface area contributed by atoms with Gasteiger partial charge < -0.3 is 0 Å². The van der Waals surface area contributed by atoms with Crippen LogP contribution in [-0.2, 0) is 0 Å². The Kier molecular flexibility index (Phi) is 12.2. The first-order chi connectivity index (χ1) is 6.41. The molecule has 0 aliphatic carbocycles. The fourth-order valence-electron chi connectivity index (χ4n) is 1.37. The van der Waals surface area contributed by atoms with Gasteiger partial charge in [-0.2, -0.15) is 0 Å². The van der Waals surface area contributed by atoms with Gasteiger partial charge in [-0.15, -0.1) is 0 Å². The Morgan fingerprint density at radius 1 is 0.923 bits per heavy atom. The van der Waals surface area contributed by atoms with Gasteiger partial charge in [-0.1, -0.05) is 0 Å². The Labute approximate surface area is 90.4 Å². The SMILES string of the molecule is CCCCCCCCCCN=C=[Se]. The van der Waals surface area contributed by atoms with Crippen molar-refractivity contribution in [1.82, 2.24) is 0 Å². The minimum atomic E-state index is 0.946. The summed E-state index contributed by atoms with van der Waals surface area (Å²) < 4.78 is 2.69. The van der Waals surface area contributed by atoms with Crippen molar-refractivity contribution in [3.05, 3.63) is 0 Å². The molecule has 13 heavy (non-hydrogen) atoms. The van der Waals surface area contributed by atoms with Gasteiger partial charge in [0.2, 0.25) is 0 Å². The van der Waals surface area contributed by atoms with Crippen molar-refractivity contribution < 1.29 is 0 Å². The number of aliphatic imine (C=N–C) groups is 1. The Hall–Kier alpha value is 0.0995. The molecule has 0 N–H and O–H groups in total. The van der Waals surface area contributed by atoms with E-state index in [1.807, 2.05) is 0 Å². The van der Waals surface area contributed by atoms with Crippen molar-refractivity contribution in [1.29, 1.82) is 0 Å². The molecule has 0 spiro atoms. The van der Waals surface area contributed by atoms with Gasteiger partial charge in [-0.3, -0.25) is 0 Å². The zero-order valence-corrected chi connectivity index (χ0v) is 10.4. The molecule has 0 atom stereocenters. The molecule has 1 nitrogen and oxygen atoms in total. The molecule has 0 saturated heterocycles. The van der Waals surface area contributed by atoms with E-state index in [1.165, 1.54) is 51.4 Å². The summed E-state index contributed by atoms with van der Waals surface area (Å²) in [4.78, 5) is 4.01. The third-order valence-corrected chi connectivity index (χ3v) is 2.46. The molecule has 0 aromatic carbocycles. The van der Waals surface area contributed by atoms with Gasteiger partial charge in [-0.05, 0) is 0 Å². The van der Waals surface area contributed by atoms with Crippen LogP contribution in [0.1, 0.15) is 58.3 Å². The van der Waals surface area contributed by atoms with Crippen molar-refractivity contribution in [2.45, 2.75) is 58.3 Å². The topological polar surface area (TPSA) is 12.4 Å². The van der Waals surface area contributed by atoms with Crippen LogP contribution in [0.25, 0.3) is 0 Å². The minimum absolute atomic E-state index is 0.946. The number of nitrogens with zero attached hydrogens (tertiary/aromatic N) is 1. The second-order valence-electron chi connectivity index (χ2n) is 3.45. The van der Waals surface area contributed by atoms with Crippen molar-refractivity contribution in [3.63, 3.8) is 0 Å². The van der Waals surface area contributed by atoms with E-state index in [9.17, 15) is 0 Å². The van der Waals surface area contributed by atoms with Gasteiger partial charge in [0.25, 0.3) is 0 Å². The molecule has 0 fully saturated rings. The Morgan fingerprint density at radius 3 is 2.00 bits per heavy atom. The molecule has 0 aromatic heterocycles. The first kappa shape index (κ1) is 13.1. The molecule has 0 aliphatic heterocycles. The second-order valence-corrected chi connectivity index (χ2v) is 3.83. The standard InChI is InChI=1S/C11H21NSe/c1-2-3-4-5-6-7-8-9-10-12-11-13/h2-10H2,1H3. The van der Waals surface area contributed by atoms with E-state index >= 15 is 0 Å². The van der Waals surface area contributed by atoms with Crippen LogP contribution >= 0.6 is 0 Å². The quantitative estimate of drug-likeness (QED) is 0.336. The molecular formula is C11H21NSe. The molecule has 2 heteroatoms. The number of unbranched alkanes of at least 4 members (excludes halogenated alkanes) is 7. The third kappa shape index (κ3) is 12.1. The van der Waals surface area contributed by atoms with Crippen molar-refractivity contribution in [2.24, 2.45) is 4.99 Å². The van der Waals surface area contributed by atoms with Gasteiger partial charge in [0.1, 0.15) is 0 Å². The normalized spacial score (nSPS) is 9.62. The summed E-state index contributed by atoms with van der Waals surface area (Å²) >= 11 is 2.65. The number of rotatable bonds is 9. The number of hydrogen-bond acceptors (Lipinski definition) is 1. The maximum atomic E-state index is 4.01. The summed E-state index contributed by atoms with van der Waals surface area (Å²) in [5, 5.41) is 0. The molecule has 0 aromatic rings. The fourth-order valence-corrected chi connectivity index (χ4v) is 1.56. The fraction of sp³-hybridized carbons (Fsp3) is 0.909. The molecule has 0 aliphatic rings. The molecule has 76 valence electrons. The van der Waals surface area contributed by atoms with Crippen LogP contribution in [0.5, 0.6) is 0 Å². The third-order valence-electron chi connectivity index (χ3n) is 2.19. The first-order valence-corrected chi connectivity index (χ1v) is 6.31. The van der Waals surface area contributed by atoms with E-state index in [-0.39, 0.29) is 0 Å².